The lowest BCUT2D eigenvalue weighted by Gasteiger charge is -2.04. The zero-order valence-electron chi connectivity index (χ0n) is 7.74. The van der Waals surface area contributed by atoms with Crippen LogP contribution < -0.4 is 5.32 Å². The van der Waals surface area contributed by atoms with Gasteiger partial charge < -0.3 is 5.32 Å². The van der Waals surface area contributed by atoms with Crippen LogP contribution in [0, 0.1) is 0 Å². The molecule has 6 heteroatoms. The molecule has 0 saturated carbocycles. The van der Waals surface area contributed by atoms with Crippen LogP contribution in [0.3, 0.4) is 0 Å². The van der Waals surface area contributed by atoms with E-state index in [2.05, 4.69) is 33.4 Å². The standard InChI is InChI=1S/C9H8Cl2N4/c1-3-5-6(4-2)12-9-14-7(10)13-8(11)15-9/h3-5H,1-2H2,(H,12,13,14,15)/b6-5+. The number of aromatic nitrogens is 3. The Balaban J connectivity index is 2.92. The zero-order chi connectivity index (χ0) is 11.3. The summed E-state index contributed by atoms with van der Waals surface area (Å²) in [6, 6.07) is 0. The molecule has 0 unspecified atom stereocenters. The maximum absolute atomic E-state index is 5.60. The third-order valence-electron chi connectivity index (χ3n) is 1.35. The number of nitrogens with zero attached hydrogens (tertiary/aromatic N) is 3. The van der Waals surface area contributed by atoms with Gasteiger partial charge in [-0.05, 0) is 35.4 Å². The average molecular weight is 243 g/mol. The molecule has 1 aromatic rings. The smallest absolute Gasteiger partial charge is 0.232 e. The highest BCUT2D eigenvalue weighted by molar-refractivity contribution is 6.31. The minimum Gasteiger partial charge on any atom is -0.324 e. The van der Waals surface area contributed by atoms with E-state index in [0.29, 0.717) is 5.70 Å². The molecule has 0 saturated heterocycles. The van der Waals surface area contributed by atoms with Gasteiger partial charge in [0.25, 0.3) is 0 Å². The van der Waals surface area contributed by atoms with Crippen LogP contribution in [-0.4, -0.2) is 15.0 Å². The maximum Gasteiger partial charge on any atom is 0.232 e. The Labute approximate surface area is 97.4 Å². The summed E-state index contributed by atoms with van der Waals surface area (Å²) in [5, 5.41) is 2.91. The topological polar surface area (TPSA) is 50.7 Å². The lowest BCUT2D eigenvalue weighted by Crippen LogP contribution is -2.03. The average Bonchev–Trinajstić information content (AvgIpc) is 2.15. The van der Waals surface area contributed by atoms with Crippen LogP contribution in [0.4, 0.5) is 5.95 Å². The normalized spacial score (nSPS) is 10.9. The van der Waals surface area contributed by atoms with E-state index < -0.39 is 0 Å². The van der Waals surface area contributed by atoms with E-state index >= 15 is 0 Å². The van der Waals surface area contributed by atoms with Crippen molar-refractivity contribution in [2.75, 3.05) is 5.32 Å². The Hall–Kier alpha value is -1.39. The summed E-state index contributed by atoms with van der Waals surface area (Å²) in [7, 11) is 0. The third kappa shape index (κ3) is 3.69. The van der Waals surface area contributed by atoms with Gasteiger partial charge in [-0.2, -0.15) is 15.0 Å². The van der Waals surface area contributed by atoms with Crippen molar-refractivity contribution < 1.29 is 0 Å². The molecular formula is C9H8Cl2N4. The van der Waals surface area contributed by atoms with Crippen LogP contribution in [0.5, 0.6) is 0 Å². The van der Waals surface area contributed by atoms with Gasteiger partial charge in [-0.15, -0.1) is 0 Å². The highest BCUT2D eigenvalue weighted by Crippen LogP contribution is 2.11. The van der Waals surface area contributed by atoms with E-state index in [1.807, 2.05) is 0 Å². The molecule has 0 radical (unpaired) electrons. The summed E-state index contributed by atoms with van der Waals surface area (Å²) >= 11 is 11.2. The molecule has 1 aromatic heterocycles. The van der Waals surface area contributed by atoms with E-state index in [1.54, 1.807) is 18.2 Å². The summed E-state index contributed by atoms with van der Waals surface area (Å²) in [5.41, 5.74) is 0.684. The lowest BCUT2D eigenvalue weighted by atomic mass is 10.4. The molecule has 0 atom stereocenters. The van der Waals surface area contributed by atoms with Crippen LogP contribution in [0.2, 0.25) is 10.6 Å². The Morgan fingerprint density at radius 1 is 1.13 bits per heavy atom. The van der Waals surface area contributed by atoms with Crippen molar-refractivity contribution in [3.63, 3.8) is 0 Å². The molecule has 0 fully saturated rings. The molecule has 0 aliphatic rings. The monoisotopic (exact) mass is 242 g/mol. The molecule has 0 spiro atoms. The van der Waals surface area contributed by atoms with Gasteiger partial charge in [0.05, 0.1) is 0 Å². The van der Waals surface area contributed by atoms with Crippen LogP contribution >= 0.6 is 23.2 Å². The number of halogens is 2. The Morgan fingerprint density at radius 2 is 1.73 bits per heavy atom. The first-order chi connectivity index (χ1) is 7.15. The Morgan fingerprint density at radius 3 is 2.20 bits per heavy atom. The molecule has 1 heterocycles. The van der Waals surface area contributed by atoms with Crippen molar-refractivity contribution >= 4 is 29.2 Å². The van der Waals surface area contributed by atoms with Gasteiger partial charge in [0.15, 0.2) is 0 Å². The van der Waals surface area contributed by atoms with E-state index in [0.717, 1.165) is 0 Å². The van der Waals surface area contributed by atoms with Crippen molar-refractivity contribution in [2.45, 2.75) is 0 Å². The van der Waals surface area contributed by atoms with Gasteiger partial charge in [0.1, 0.15) is 0 Å². The number of nitrogens with one attached hydrogen (secondary N) is 1. The molecule has 78 valence electrons. The Bertz CT molecular complexity index is 394. The number of hydrogen-bond acceptors (Lipinski definition) is 4. The van der Waals surface area contributed by atoms with Crippen LogP contribution in [0.1, 0.15) is 0 Å². The van der Waals surface area contributed by atoms with Crippen molar-refractivity contribution in [1.82, 2.24) is 15.0 Å². The van der Waals surface area contributed by atoms with E-state index in [1.165, 1.54) is 0 Å². The van der Waals surface area contributed by atoms with Crippen molar-refractivity contribution in [1.29, 1.82) is 0 Å². The van der Waals surface area contributed by atoms with Gasteiger partial charge in [-0.25, -0.2) is 0 Å². The molecule has 4 nitrogen and oxygen atoms in total. The third-order valence-corrected chi connectivity index (χ3v) is 1.69. The molecular weight excluding hydrogens is 235 g/mol. The first-order valence-electron chi connectivity index (χ1n) is 3.95. The molecule has 0 aliphatic carbocycles. The van der Waals surface area contributed by atoms with E-state index in [9.17, 15) is 0 Å². The molecule has 1 N–H and O–H groups in total. The van der Waals surface area contributed by atoms with Gasteiger partial charge in [-0.1, -0.05) is 19.2 Å². The van der Waals surface area contributed by atoms with Gasteiger partial charge >= 0.3 is 0 Å². The first-order valence-corrected chi connectivity index (χ1v) is 4.70. The fourth-order valence-electron chi connectivity index (χ4n) is 0.799. The summed E-state index contributed by atoms with van der Waals surface area (Å²) in [6.07, 6.45) is 4.90. The van der Waals surface area contributed by atoms with Crippen LogP contribution in [-0.2, 0) is 0 Å². The molecule has 15 heavy (non-hydrogen) atoms. The van der Waals surface area contributed by atoms with Crippen molar-refractivity contribution in [3.8, 4) is 0 Å². The zero-order valence-corrected chi connectivity index (χ0v) is 9.26. The second kappa shape index (κ2) is 5.48. The molecule has 0 aromatic carbocycles. The summed E-state index contributed by atoms with van der Waals surface area (Å²) in [4.78, 5) is 11.3. The van der Waals surface area contributed by atoms with Crippen LogP contribution in [0.25, 0.3) is 0 Å². The minimum atomic E-state index is 0.0273. The van der Waals surface area contributed by atoms with Crippen molar-refractivity contribution in [2.24, 2.45) is 0 Å². The van der Waals surface area contributed by atoms with Crippen LogP contribution in [0.15, 0.2) is 37.1 Å². The van der Waals surface area contributed by atoms with Crippen molar-refractivity contribution in [3.05, 3.63) is 47.7 Å². The number of rotatable bonds is 4. The number of hydrogen-bond donors (Lipinski definition) is 1. The predicted molar refractivity (Wildman–Crippen MR) is 61.9 cm³/mol. The number of anilines is 1. The molecule has 1 rings (SSSR count). The second-order valence-corrected chi connectivity index (χ2v) is 3.06. The highest BCUT2D eigenvalue weighted by atomic mass is 35.5. The summed E-state index contributed by atoms with van der Waals surface area (Å²) in [5.74, 6) is 0.257. The molecule has 0 aliphatic heterocycles. The fraction of sp³-hybridized carbons (Fsp3) is 0. The minimum absolute atomic E-state index is 0.0273. The van der Waals surface area contributed by atoms with Gasteiger partial charge in [0, 0.05) is 5.70 Å². The quantitative estimate of drug-likeness (QED) is 0.826. The van der Waals surface area contributed by atoms with E-state index in [4.69, 9.17) is 23.2 Å². The molecule has 0 bridgehead atoms. The summed E-state index contributed by atoms with van der Waals surface area (Å²) in [6.45, 7) is 7.16. The predicted octanol–water partition coefficient (Wildman–Crippen LogP) is 2.85. The molecule has 0 amide bonds. The van der Waals surface area contributed by atoms with Gasteiger partial charge in [-0.3, -0.25) is 0 Å². The Kier molecular flexibility index (Phi) is 4.27. The lowest BCUT2D eigenvalue weighted by molar-refractivity contribution is 1.05. The number of allylic oxidation sites excluding steroid dienone is 3. The largest absolute Gasteiger partial charge is 0.324 e. The van der Waals surface area contributed by atoms with E-state index in [-0.39, 0.29) is 16.5 Å². The SMILES string of the molecule is C=C/C=C(\C=C)Nc1nc(Cl)nc(Cl)n1. The summed E-state index contributed by atoms with van der Waals surface area (Å²) < 4.78 is 0. The first kappa shape index (κ1) is 11.7. The maximum atomic E-state index is 5.60. The van der Waals surface area contributed by atoms with Gasteiger partial charge in [0.2, 0.25) is 16.5 Å². The fourth-order valence-corrected chi connectivity index (χ4v) is 1.16. The second-order valence-electron chi connectivity index (χ2n) is 2.38. The highest BCUT2D eigenvalue weighted by Gasteiger charge is 2.02.